The summed E-state index contributed by atoms with van der Waals surface area (Å²) in [6.45, 7) is 0. The molecule has 62 valence electrons. The van der Waals surface area contributed by atoms with Crippen LogP contribution in [0.15, 0.2) is 22.3 Å². The molecule has 2 nitrogen and oxygen atoms in total. The molecule has 3 rings (SSSR count). The minimum Gasteiger partial charge on any atom is -0.256 e. The topological polar surface area (TPSA) is 24.7 Å². The number of aliphatic imine (C=N–C) groups is 1. The SMILES string of the molecule is Clc1cc2c(c3c1C=CN=3)=CC=N2. The molecule has 0 saturated carbocycles. The van der Waals surface area contributed by atoms with E-state index < -0.39 is 0 Å². The van der Waals surface area contributed by atoms with Crippen LogP contribution >= 0.6 is 11.6 Å². The summed E-state index contributed by atoms with van der Waals surface area (Å²) in [6.07, 6.45) is 7.42. The van der Waals surface area contributed by atoms with Crippen LogP contribution in [-0.4, -0.2) is 6.21 Å². The summed E-state index contributed by atoms with van der Waals surface area (Å²) in [6, 6.07) is 1.88. The summed E-state index contributed by atoms with van der Waals surface area (Å²) in [7, 11) is 0. The van der Waals surface area contributed by atoms with E-state index in [-0.39, 0.29) is 0 Å². The van der Waals surface area contributed by atoms with Gasteiger partial charge < -0.3 is 0 Å². The van der Waals surface area contributed by atoms with Crippen LogP contribution in [0.5, 0.6) is 0 Å². The third kappa shape index (κ3) is 0.835. The molecule has 0 saturated heterocycles. The van der Waals surface area contributed by atoms with Crippen LogP contribution in [0.25, 0.3) is 12.2 Å². The average Bonchev–Trinajstić information content (AvgIpc) is 2.66. The molecule has 0 unspecified atom stereocenters. The Morgan fingerprint density at radius 3 is 3.15 bits per heavy atom. The van der Waals surface area contributed by atoms with E-state index >= 15 is 0 Å². The van der Waals surface area contributed by atoms with Gasteiger partial charge in [0.1, 0.15) is 0 Å². The van der Waals surface area contributed by atoms with E-state index in [9.17, 15) is 0 Å². The van der Waals surface area contributed by atoms with Crippen molar-refractivity contribution in [3.63, 3.8) is 0 Å². The Hall–Kier alpha value is -1.41. The Balaban J connectivity index is 2.59. The Kier molecular flexibility index (Phi) is 1.24. The van der Waals surface area contributed by atoms with E-state index in [2.05, 4.69) is 9.98 Å². The maximum absolute atomic E-state index is 6.05. The summed E-state index contributed by atoms with van der Waals surface area (Å²) in [4.78, 5) is 8.44. The summed E-state index contributed by atoms with van der Waals surface area (Å²) in [5.74, 6) is 0. The molecule has 2 aliphatic heterocycles. The van der Waals surface area contributed by atoms with Crippen LogP contribution in [-0.2, 0) is 0 Å². The zero-order valence-electron chi connectivity index (χ0n) is 6.66. The first-order valence-electron chi connectivity index (χ1n) is 3.97. The predicted molar refractivity (Wildman–Crippen MR) is 53.9 cm³/mol. The van der Waals surface area contributed by atoms with Gasteiger partial charge in [-0.1, -0.05) is 11.6 Å². The van der Waals surface area contributed by atoms with Gasteiger partial charge in [0.05, 0.1) is 16.1 Å². The third-order valence-electron chi connectivity index (χ3n) is 2.21. The summed E-state index contributed by atoms with van der Waals surface area (Å²) in [5, 5.41) is 2.74. The fourth-order valence-corrected chi connectivity index (χ4v) is 1.86. The molecule has 3 heteroatoms. The van der Waals surface area contributed by atoms with Gasteiger partial charge in [0.25, 0.3) is 0 Å². The van der Waals surface area contributed by atoms with Gasteiger partial charge in [-0.05, 0) is 18.2 Å². The van der Waals surface area contributed by atoms with Gasteiger partial charge in [-0.25, -0.2) is 0 Å². The number of fused-ring (bicyclic) bond motifs is 3. The highest BCUT2D eigenvalue weighted by Gasteiger charge is 2.10. The molecule has 1 aromatic carbocycles. The highest BCUT2D eigenvalue weighted by molar-refractivity contribution is 6.32. The van der Waals surface area contributed by atoms with Gasteiger partial charge in [-0.3, -0.25) is 9.98 Å². The quantitative estimate of drug-likeness (QED) is 0.589. The van der Waals surface area contributed by atoms with Crippen LogP contribution in [0.4, 0.5) is 5.69 Å². The molecule has 0 fully saturated rings. The lowest BCUT2D eigenvalue weighted by Crippen LogP contribution is -2.25. The lowest BCUT2D eigenvalue weighted by molar-refractivity contribution is 1.33. The smallest absolute Gasteiger partial charge is 0.0812 e. The highest BCUT2D eigenvalue weighted by Crippen LogP contribution is 2.20. The number of benzene rings is 1. The van der Waals surface area contributed by atoms with Crippen molar-refractivity contribution in [2.75, 3.05) is 0 Å². The first kappa shape index (κ1) is 7.04. The lowest BCUT2D eigenvalue weighted by atomic mass is 10.1. The van der Waals surface area contributed by atoms with E-state index in [0.717, 1.165) is 26.8 Å². The van der Waals surface area contributed by atoms with Crippen LogP contribution in [0.1, 0.15) is 5.56 Å². The van der Waals surface area contributed by atoms with Crippen molar-refractivity contribution in [1.29, 1.82) is 0 Å². The van der Waals surface area contributed by atoms with Crippen LogP contribution in [0.2, 0.25) is 5.02 Å². The van der Waals surface area contributed by atoms with Crippen molar-refractivity contribution in [3.8, 4) is 0 Å². The summed E-state index contributed by atoms with van der Waals surface area (Å²) in [5.41, 5.74) is 1.92. The predicted octanol–water partition coefficient (Wildman–Crippen LogP) is 1.44. The van der Waals surface area contributed by atoms with Gasteiger partial charge in [-0.2, -0.15) is 0 Å². The molecule has 0 aliphatic carbocycles. The molecule has 13 heavy (non-hydrogen) atoms. The number of rotatable bonds is 0. The van der Waals surface area contributed by atoms with E-state index in [1.54, 1.807) is 12.4 Å². The van der Waals surface area contributed by atoms with Crippen molar-refractivity contribution >= 4 is 35.7 Å². The summed E-state index contributed by atoms with van der Waals surface area (Å²) < 4.78 is 0. The molecular formula is C10H5ClN2. The molecule has 0 bridgehead atoms. The van der Waals surface area contributed by atoms with Crippen LogP contribution in [0, 0.1) is 0 Å². The van der Waals surface area contributed by atoms with Crippen LogP contribution in [0.3, 0.4) is 0 Å². The van der Waals surface area contributed by atoms with Crippen LogP contribution < -0.4 is 10.6 Å². The van der Waals surface area contributed by atoms with Gasteiger partial charge in [0, 0.05) is 23.2 Å². The zero-order valence-corrected chi connectivity index (χ0v) is 7.42. The largest absolute Gasteiger partial charge is 0.256 e. The molecule has 0 N–H and O–H groups in total. The van der Waals surface area contributed by atoms with Crippen molar-refractivity contribution < 1.29 is 0 Å². The standard InChI is InChI=1S/C10H5ClN2/c11-8-5-9-7(2-3-12-9)10-6(8)1-4-13-10/h1-5H. The van der Waals surface area contributed by atoms with E-state index in [1.807, 2.05) is 18.2 Å². The van der Waals surface area contributed by atoms with Crippen molar-refractivity contribution in [2.45, 2.75) is 0 Å². The molecule has 1 aromatic rings. The average molecular weight is 189 g/mol. The number of hydrogen-bond donors (Lipinski definition) is 0. The summed E-state index contributed by atoms with van der Waals surface area (Å²) >= 11 is 6.05. The fraction of sp³-hybridized carbons (Fsp3) is 0. The Labute approximate surface area is 79.6 Å². The highest BCUT2D eigenvalue weighted by atomic mass is 35.5. The van der Waals surface area contributed by atoms with Gasteiger partial charge in [0.2, 0.25) is 0 Å². The maximum atomic E-state index is 6.05. The molecule has 0 aromatic heterocycles. The second-order valence-electron chi connectivity index (χ2n) is 2.94. The van der Waals surface area contributed by atoms with Crippen molar-refractivity contribution in [3.05, 3.63) is 33.4 Å². The fourth-order valence-electron chi connectivity index (χ4n) is 1.60. The second-order valence-corrected chi connectivity index (χ2v) is 3.35. The zero-order chi connectivity index (χ0) is 8.84. The van der Waals surface area contributed by atoms with Gasteiger partial charge in [0.15, 0.2) is 0 Å². The first-order chi connectivity index (χ1) is 6.36. The minimum absolute atomic E-state index is 0.721. The normalized spacial score (nSPS) is 15.2. The van der Waals surface area contributed by atoms with Crippen molar-refractivity contribution in [1.82, 2.24) is 0 Å². The Morgan fingerprint density at radius 1 is 1.31 bits per heavy atom. The molecule has 0 amide bonds. The first-order valence-corrected chi connectivity index (χ1v) is 4.35. The lowest BCUT2D eigenvalue weighted by Gasteiger charge is -1.97. The molecule has 0 radical (unpaired) electrons. The van der Waals surface area contributed by atoms with E-state index in [0.29, 0.717) is 0 Å². The molecular weight excluding hydrogens is 184 g/mol. The molecule has 0 atom stereocenters. The number of nitrogens with zero attached hydrogens (tertiary/aromatic N) is 2. The number of halogens is 1. The number of hydrogen-bond acceptors (Lipinski definition) is 2. The maximum Gasteiger partial charge on any atom is 0.0812 e. The Bertz CT molecular complexity index is 568. The third-order valence-corrected chi connectivity index (χ3v) is 2.52. The second kappa shape index (κ2) is 2.30. The minimum atomic E-state index is 0.721. The van der Waals surface area contributed by atoms with Gasteiger partial charge in [-0.15, -0.1) is 0 Å². The van der Waals surface area contributed by atoms with E-state index in [1.165, 1.54) is 0 Å². The molecule has 2 heterocycles. The van der Waals surface area contributed by atoms with Gasteiger partial charge >= 0.3 is 0 Å². The Morgan fingerprint density at radius 2 is 2.23 bits per heavy atom. The molecule has 2 aliphatic rings. The monoisotopic (exact) mass is 188 g/mol. The molecule has 0 spiro atoms. The van der Waals surface area contributed by atoms with E-state index in [4.69, 9.17) is 11.6 Å². The van der Waals surface area contributed by atoms with Crippen molar-refractivity contribution in [2.24, 2.45) is 9.98 Å².